The van der Waals surface area contributed by atoms with Gasteiger partial charge in [0.25, 0.3) is 0 Å². The molecule has 0 unspecified atom stereocenters. The third-order valence-electron chi connectivity index (χ3n) is 6.36. The minimum Gasteiger partial charge on any atom is -0.358 e. The van der Waals surface area contributed by atoms with Crippen molar-refractivity contribution < 1.29 is 4.79 Å². The summed E-state index contributed by atoms with van der Waals surface area (Å²) in [6, 6.07) is 21.1. The number of hydrogen-bond donors (Lipinski definition) is 3. The first-order valence-corrected chi connectivity index (χ1v) is 12.7. The first-order valence-electron chi connectivity index (χ1n) is 12.7. The van der Waals surface area contributed by atoms with E-state index in [1.165, 1.54) is 11.1 Å². The summed E-state index contributed by atoms with van der Waals surface area (Å²) in [5, 5.41) is 6.26. The van der Waals surface area contributed by atoms with Gasteiger partial charge >= 0.3 is 0 Å². The lowest BCUT2D eigenvalue weighted by molar-refractivity contribution is -0.109. The molecular weight excluding hydrogens is 446 g/mol. The maximum atomic E-state index is 10.5. The van der Waals surface area contributed by atoms with E-state index in [0.29, 0.717) is 6.54 Å². The Hall–Kier alpha value is -3.77. The topological polar surface area (TPSA) is 82.7 Å². The molecule has 36 heavy (non-hydrogen) atoms. The van der Waals surface area contributed by atoms with Gasteiger partial charge in [-0.25, -0.2) is 0 Å². The average Bonchev–Trinajstić information content (AvgIpc) is 3.29. The molecule has 3 heterocycles. The Bertz CT molecular complexity index is 1220. The molecule has 3 N–H and O–H groups in total. The molecule has 0 saturated heterocycles. The van der Waals surface area contributed by atoms with Gasteiger partial charge in [0, 0.05) is 53.6 Å². The normalized spacial score (nSPS) is 10.9. The van der Waals surface area contributed by atoms with Gasteiger partial charge in [-0.2, -0.15) is 0 Å². The molecule has 1 amide bonds. The van der Waals surface area contributed by atoms with Gasteiger partial charge in [0.2, 0.25) is 6.41 Å². The van der Waals surface area contributed by atoms with Crippen molar-refractivity contribution in [2.45, 2.75) is 39.0 Å². The maximum absolute atomic E-state index is 10.5. The van der Waals surface area contributed by atoms with Gasteiger partial charge in [0.05, 0.1) is 5.69 Å². The Morgan fingerprint density at radius 3 is 2.47 bits per heavy atom. The zero-order valence-corrected chi connectivity index (χ0v) is 21.0. The van der Waals surface area contributed by atoms with Crippen molar-refractivity contribution in [3.05, 3.63) is 95.6 Å². The number of amides is 1. The van der Waals surface area contributed by atoms with Crippen LogP contribution in [0.1, 0.15) is 35.4 Å². The van der Waals surface area contributed by atoms with E-state index in [4.69, 9.17) is 0 Å². The molecule has 6 nitrogen and oxygen atoms in total. The van der Waals surface area contributed by atoms with Crippen molar-refractivity contribution in [2.24, 2.45) is 0 Å². The fourth-order valence-electron chi connectivity index (χ4n) is 4.33. The van der Waals surface area contributed by atoms with Crippen molar-refractivity contribution >= 4 is 6.41 Å². The van der Waals surface area contributed by atoms with Gasteiger partial charge < -0.3 is 15.6 Å². The summed E-state index contributed by atoms with van der Waals surface area (Å²) >= 11 is 0. The number of aryl methyl sites for hydroxylation is 3. The Balaban J connectivity index is 1.25. The van der Waals surface area contributed by atoms with Crippen molar-refractivity contribution in [2.75, 3.05) is 19.6 Å². The molecule has 4 aromatic rings. The van der Waals surface area contributed by atoms with E-state index < -0.39 is 0 Å². The SMILES string of the molecule is Cc1cc(-c2ccnc(-c3ccc(CCCNCCCc4ccccc4)nc3)c2)[nH]c1CCNC=O. The number of carbonyl (C=O) groups excluding carboxylic acids is 1. The molecule has 0 atom stereocenters. The summed E-state index contributed by atoms with van der Waals surface area (Å²) in [6.07, 6.45) is 9.58. The van der Waals surface area contributed by atoms with Crippen LogP contribution in [-0.4, -0.2) is 41.0 Å². The molecule has 0 fully saturated rings. The van der Waals surface area contributed by atoms with Crippen LogP contribution in [-0.2, 0) is 24.1 Å². The van der Waals surface area contributed by atoms with Gasteiger partial charge in [-0.1, -0.05) is 30.3 Å². The minimum atomic E-state index is 0.619. The van der Waals surface area contributed by atoms with Gasteiger partial charge in [-0.15, -0.1) is 0 Å². The molecule has 0 aliphatic carbocycles. The van der Waals surface area contributed by atoms with E-state index in [1.807, 2.05) is 18.5 Å². The van der Waals surface area contributed by atoms with E-state index >= 15 is 0 Å². The number of nitrogens with zero attached hydrogens (tertiary/aromatic N) is 2. The molecule has 0 radical (unpaired) electrons. The number of nitrogens with one attached hydrogen (secondary N) is 3. The molecular formula is C30H35N5O. The Morgan fingerprint density at radius 1 is 0.861 bits per heavy atom. The summed E-state index contributed by atoms with van der Waals surface area (Å²) in [6.45, 7) is 4.75. The van der Waals surface area contributed by atoms with Crippen LogP contribution >= 0.6 is 0 Å². The number of carbonyl (C=O) groups is 1. The smallest absolute Gasteiger partial charge is 0.207 e. The van der Waals surface area contributed by atoms with E-state index in [-0.39, 0.29) is 0 Å². The van der Waals surface area contributed by atoms with Crippen LogP contribution in [0.25, 0.3) is 22.5 Å². The molecule has 0 aliphatic heterocycles. The fourth-order valence-corrected chi connectivity index (χ4v) is 4.33. The molecule has 4 rings (SSSR count). The molecule has 6 heteroatoms. The largest absolute Gasteiger partial charge is 0.358 e. The van der Waals surface area contributed by atoms with Crippen LogP contribution in [0.15, 0.2) is 73.1 Å². The highest BCUT2D eigenvalue weighted by Gasteiger charge is 2.09. The molecule has 186 valence electrons. The number of pyridine rings is 2. The van der Waals surface area contributed by atoms with Crippen LogP contribution in [0.4, 0.5) is 0 Å². The van der Waals surface area contributed by atoms with Gasteiger partial charge in [0.1, 0.15) is 0 Å². The number of hydrogen-bond acceptors (Lipinski definition) is 4. The molecule has 1 aromatic carbocycles. The highest BCUT2D eigenvalue weighted by molar-refractivity contribution is 5.68. The monoisotopic (exact) mass is 481 g/mol. The maximum Gasteiger partial charge on any atom is 0.207 e. The van der Waals surface area contributed by atoms with Crippen molar-refractivity contribution in [1.29, 1.82) is 0 Å². The second-order valence-corrected chi connectivity index (χ2v) is 9.08. The second-order valence-electron chi connectivity index (χ2n) is 9.08. The number of H-pyrrole nitrogens is 1. The zero-order valence-electron chi connectivity index (χ0n) is 21.0. The predicted molar refractivity (Wildman–Crippen MR) is 146 cm³/mol. The highest BCUT2D eigenvalue weighted by atomic mass is 16.1. The summed E-state index contributed by atoms with van der Waals surface area (Å²) in [4.78, 5) is 23.2. The first kappa shape index (κ1) is 25.3. The molecule has 0 bridgehead atoms. The second kappa shape index (κ2) is 13.4. The minimum absolute atomic E-state index is 0.619. The Morgan fingerprint density at radius 2 is 1.69 bits per heavy atom. The molecule has 0 spiro atoms. The Kier molecular flexibility index (Phi) is 9.39. The number of aromatic amines is 1. The van der Waals surface area contributed by atoms with Crippen LogP contribution in [0, 0.1) is 6.92 Å². The quantitative estimate of drug-likeness (QED) is 0.177. The lowest BCUT2D eigenvalue weighted by atomic mass is 10.1. The number of benzene rings is 1. The van der Waals surface area contributed by atoms with E-state index in [0.717, 1.165) is 85.5 Å². The average molecular weight is 482 g/mol. The number of aromatic nitrogens is 3. The highest BCUT2D eigenvalue weighted by Crippen LogP contribution is 2.26. The van der Waals surface area contributed by atoms with Crippen LogP contribution < -0.4 is 10.6 Å². The van der Waals surface area contributed by atoms with Gasteiger partial charge in [-0.3, -0.25) is 14.8 Å². The molecule has 3 aromatic heterocycles. The van der Waals surface area contributed by atoms with Crippen LogP contribution in [0.3, 0.4) is 0 Å². The third-order valence-corrected chi connectivity index (χ3v) is 6.36. The molecule has 0 saturated carbocycles. The van der Waals surface area contributed by atoms with Crippen LogP contribution in [0.5, 0.6) is 0 Å². The standard InChI is InChI=1S/C30H35N5O/c1-23-19-30(35-28(23)14-17-32-22-36)25-13-18-33-29(20-25)26-11-12-27(34-21-26)10-6-16-31-15-5-9-24-7-3-2-4-8-24/h2-4,7-8,11-13,18-22,31,35H,5-6,9-10,14-17H2,1H3,(H,32,36). The summed E-state index contributed by atoms with van der Waals surface area (Å²) < 4.78 is 0. The van der Waals surface area contributed by atoms with E-state index in [2.05, 4.69) is 87.1 Å². The lowest BCUT2D eigenvalue weighted by Crippen LogP contribution is -2.17. The third kappa shape index (κ3) is 7.36. The number of rotatable bonds is 14. The van der Waals surface area contributed by atoms with Crippen LogP contribution in [0.2, 0.25) is 0 Å². The molecule has 0 aliphatic rings. The summed E-state index contributed by atoms with van der Waals surface area (Å²) in [5.74, 6) is 0. The first-order chi connectivity index (χ1) is 17.7. The van der Waals surface area contributed by atoms with E-state index in [9.17, 15) is 4.79 Å². The van der Waals surface area contributed by atoms with E-state index in [1.54, 1.807) is 0 Å². The van der Waals surface area contributed by atoms with Crippen molar-refractivity contribution in [3.8, 4) is 22.5 Å². The zero-order chi connectivity index (χ0) is 25.0. The fraction of sp³-hybridized carbons (Fsp3) is 0.300. The van der Waals surface area contributed by atoms with Crippen molar-refractivity contribution in [1.82, 2.24) is 25.6 Å². The Labute approximate surface area is 213 Å². The summed E-state index contributed by atoms with van der Waals surface area (Å²) in [5.41, 5.74) is 8.89. The van der Waals surface area contributed by atoms with Crippen molar-refractivity contribution in [3.63, 3.8) is 0 Å². The summed E-state index contributed by atoms with van der Waals surface area (Å²) in [7, 11) is 0. The lowest BCUT2D eigenvalue weighted by Gasteiger charge is -2.07. The van der Waals surface area contributed by atoms with Gasteiger partial charge in [-0.05, 0) is 87.2 Å². The van der Waals surface area contributed by atoms with Gasteiger partial charge in [0.15, 0.2) is 0 Å². The predicted octanol–water partition coefficient (Wildman–Crippen LogP) is 4.89.